The fraction of sp³-hybridized carbons (Fsp3) is 0.100. The number of hydrogen-bond acceptors (Lipinski definition) is 6. The summed E-state index contributed by atoms with van der Waals surface area (Å²) in [6.07, 6.45) is 1.63. The van der Waals surface area contributed by atoms with Gasteiger partial charge < -0.3 is 20.7 Å². The summed E-state index contributed by atoms with van der Waals surface area (Å²) in [7, 11) is 0. The van der Waals surface area contributed by atoms with Gasteiger partial charge in [0.15, 0.2) is 0 Å². The van der Waals surface area contributed by atoms with Crippen LogP contribution in [0.3, 0.4) is 0 Å². The van der Waals surface area contributed by atoms with E-state index in [1.165, 1.54) is 11.8 Å². The number of esters is 1. The van der Waals surface area contributed by atoms with Crippen LogP contribution in [0, 0.1) is 0 Å². The number of benzene rings is 5. The number of hydrogen-bond donors (Lipinski definition) is 3. The number of rotatable bonds is 12. The normalized spacial score (nSPS) is 11.6. The molecule has 3 amide bonds. The zero-order chi connectivity index (χ0) is 34.6. The van der Waals surface area contributed by atoms with Gasteiger partial charge in [-0.2, -0.15) is 0 Å². The van der Waals surface area contributed by atoms with Gasteiger partial charge in [0.2, 0.25) is 5.91 Å². The second-order valence-electron chi connectivity index (χ2n) is 10.9. The Labute approximate surface area is 289 Å². The molecule has 0 aliphatic rings. The molecule has 0 heterocycles. The molecule has 5 aromatic carbocycles. The van der Waals surface area contributed by atoms with Gasteiger partial charge in [0, 0.05) is 21.8 Å². The highest BCUT2D eigenvalue weighted by Gasteiger charge is 2.18. The van der Waals surface area contributed by atoms with Crippen LogP contribution in [0.4, 0.5) is 11.4 Å². The van der Waals surface area contributed by atoms with Gasteiger partial charge in [0.25, 0.3) is 11.8 Å². The lowest BCUT2D eigenvalue weighted by Crippen LogP contribution is -2.30. The first-order chi connectivity index (χ1) is 23.8. The highest BCUT2D eigenvalue weighted by molar-refractivity contribution is 8.00. The van der Waals surface area contributed by atoms with Crippen molar-refractivity contribution >= 4 is 52.9 Å². The third kappa shape index (κ3) is 9.79. The Kier molecular flexibility index (Phi) is 11.8. The van der Waals surface area contributed by atoms with Crippen LogP contribution in [0.15, 0.2) is 144 Å². The van der Waals surface area contributed by atoms with Crippen molar-refractivity contribution in [1.82, 2.24) is 5.32 Å². The number of carbonyl (C=O) groups excluding carboxylic acids is 4. The SMILES string of the molecule is CCOC(=O)c1ccc(NC(=O)C(C)Sc2cccc(NC(=O)/C(=C\c3ccc(-c4ccccc4)cc3)NC(=O)c3ccccc3)c2)cc1. The highest BCUT2D eigenvalue weighted by atomic mass is 32.2. The molecular weight excluding hydrogens is 635 g/mol. The van der Waals surface area contributed by atoms with Crippen LogP contribution in [-0.4, -0.2) is 35.5 Å². The maximum absolute atomic E-state index is 13.6. The Morgan fingerprint density at radius 2 is 1.35 bits per heavy atom. The zero-order valence-electron chi connectivity index (χ0n) is 27.0. The lowest BCUT2D eigenvalue weighted by atomic mass is 10.0. The van der Waals surface area contributed by atoms with Crippen molar-refractivity contribution in [3.63, 3.8) is 0 Å². The molecule has 1 unspecified atom stereocenters. The number of anilines is 2. The maximum Gasteiger partial charge on any atom is 0.338 e. The Hall–Kier alpha value is -5.93. The molecule has 5 aromatic rings. The minimum atomic E-state index is -0.504. The van der Waals surface area contributed by atoms with Crippen LogP contribution in [0.25, 0.3) is 17.2 Å². The fourth-order valence-electron chi connectivity index (χ4n) is 4.76. The number of carbonyl (C=O) groups is 4. The number of amides is 3. The van der Waals surface area contributed by atoms with Gasteiger partial charge in [-0.15, -0.1) is 11.8 Å². The number of ether oxygens (including phenoxy) is 1. The fourth-order valence-corrected chi connectivity index (χ4v) is 5.69. The van der Waals surface area contributed by atoms with Crippen molar-refractivity contribution < 1.29 is 23.9 Å². The molecule has 0 fully saturated rings. The van der Waals surface area contributed by atoms with Crippen molar-refractivity contribution in [3.05, 3.63) is 156 Å². The average molecular weight is 670 g/mol. The third-order valence-electron chi connectivity index (χ3n) is 7.30. The molecule has 5 rings (SSSR count). The van der Waals surface area contributed by atoms with Crippen LogP contribution in [0.1, 0.15) is 40.1 Å². The molecule has 0 bridgehead atoms. The van der Waals surface area contributed by atoms with Crippen LogP contribution < -0.4 is 16.0 Å². The first-order valence-electron chi connectivity index (χ1n) is 15.7. The third-order valence-corrected chi connectivity index (χ3v) is 8.39. The van der Waals surface area contributed by atoms with E-state index in [1.807, 2.05) is 66.7 Å². The minimum Gasteiger partial charge on any atom is -0.462 e. The predicted molar refractivity (Wildman–Crippen MR) is 195 cm³/mol. The summed E-state index contributed by atoms with van der Waals surface area (Å²) in [6, 6.07) is 40.0. The van der Waals surface area contributed by atoms with Crippen molar-refractivity contribution in [3.8, 4) is 11.1 Å². The van der Waals surface area contributed by atoms with E-state index in [-0.39, 0.29) is 18.2 Å². The Morgan fingerprint density at radius 3 is 2.02 bits per heavy atom. The van der Waals surface area contributed by atoms with E-state index >= 15 is 0 Å². The first-order valence-corrected chi connectivity index (χ1v) is 16.6. The summed E-state index contributed by atoms with van der Waals surface area (Å²) < 4.78 is 5.00. The van der Waals surface area contributed by atoms with Crippen LogP contribution in [0.5, 0.6) is 0 Å². The molecule has 0 radical (unpaired) electrons. The molecule has 0 spiro atoms. The van der Waals surface area contributed by atoms with Gasteiger partial charge >= 0.3 is 5.97 Å². The van der Waals surface area contributed by atoms with Gasteiger partial charge in [-0.3, -0.25) is 14.4 Å². The summed E-state index contributed by atoms with van der Waals surface area (Å²) in [5.41, 5.74) is 4.78. The second kappa shape index (κ2) is 16.8. The van der Waals surface area contributed by atoms with Gasteiger partial charge in [-0.1, -0.05) is 78.9 Å². The summed E-state index contributed by atoms with van der Waals surface area (Å²) >= 11 is 1.32. The molecule has 246 valence electrons. The standard InChI is InChI=1S/C40H35N3O5S/c1-3-48-40(47)32-21-23-33(24-22-32)41-37(44)27(2)49-35-16-10-15-34(26-35)42-39(46)36(43-38(45)31-13-8-5-9-14-31)25-28-17-19-30(20-18-28)29-11-6-4-7-12-29/h4-27H,3H2,1-2H3,(H,41,44)(H,42,46)(H,43,45)/b36-25+. The van der Waals surface area contributed by atoms with Crippen molar-refractivity contribution in [2.75, 3.05) is 17.2 Å². The van der Waals surface area contributed by atoms with Crippen molar-refractivity contribution in [2.24, 2.45) is 0 Å². The van der Waals surface area contributed by atoms with Crippen LogP contribution in [-0.2, 0) is 14.3 Å². The van der Waals surface area contributed by atoms with Crippen molar-refractivity contribution in [2.45, 2.75) is 24.0 Å². The number of nitrogens with one attached hydrogen (secondary N) is 3. The molecule has 3 N–H and O–H groups in total. The summed E-state index contributed by atoms with van der Waals surface area (Å²) in [5.74, 6) is -1.57. The van der Waals surface area contributed by atoms with E-state index in [0.29, 0.717) is 22.5 Å². The lowest BCUT2D eigenvalue weighted by Gasteiger charge is -2.14. The average Bonchev–Trinajstić information content (AvgIpc) is 3.13. The van der Waals surface area contributed by atoms with Gasteiger partial charge in [0.1, 0.15) is 5.70 Å². The Bertz CT molecular complexity index is 1940. The molecule has 49 heavy (non-hydrogen) atoms. The summed E-state index contributed by atoms with van der Waals surface area (Å²) in [6.45, 7) is 3.80. The summed E-state index contributed by atoms with van der Waals surface area (Å²) in [4.78, 5) is 52.3. The van der Waals surface area contributed by atoms with Gasteiger partial charge in [0.05, 0.1) is 17.4 Å². The Balaban J connectivity index is 1.27. The van der Waals surface area contributed by atoms with Crippen molar-refractivity contribution in [1.29, 1.82) is 0 Å². The van der Waals surface area contributed by atoms with Gasteiger partial charge in [-0.05, 0) is 91.2 Å². The minimum absolute atomic E-state index is 0.0705. The molecule has 0 aliphatic carbocycles. The molecule has 0 saturated heterocycles. The monoisotopic (exact) mass is 669 g/mol. The molecular formula is C40H35N3O5S. The first kappa shape index (κ1) is 34.4. The predicted octanol–water partition coefficient (Wildman–Crippen LogP) is 8.06. The van der Waals surface area contributed by atoms with E-state index in [0.717, 1.165) is 21.6 Å². The molecule has 8 nitrogen and oxygen atoms in total. The van der Waals surface area contributed by atoms with E-state index in [2.05, 4.69) is 16.0 Å². The quantitative estimate of drug-likeness (QED) is 0.0704. The van der Waals surface area contributed by atoms with E-state index in [4.69, 9.17) is 4.74 Å². The summed E-state index contributed by atoms with van der Waals surface area (Å²) in [5, 5.41) is 8.05. The zero-order valence-corrected chi connectivity index (χ0v) is 27.8. The molecule has 9 heteroatoms. The molecule has 0 aliphatic heterocycles. The maximum atomic E-state index is 13.6. The lowest BCUT2D eigenvalue weighted by molar-refractivity contribution is -0.115. The molecule has 0 aromatic heterocycles. The van der Waals surface area contributed by atoms with Crippen LogP contribution in [0.2, 0.25) is 0 Å². The smallest absolute Gasteiger partial charge is 0.338 e. The highest BCUT2D eigenvalue weighted by Crippen LogP contribution is 2.27. The van der Waals surface area contributed by atoms with E-state index in [1.54, 1.807) is 86.7 Å². The van der Waals surface area contributed by atoms with Gasteiger partial charge in [-0.25, -0.2) is 4.79 Å². The van der Waals surface area contributed by atoms with Crippen LogP contribution >= 0.6 is 11.8 Å². The molecule has 0 saturated carbocycles. The number of thioether (sulfide) groups is 1. The largest absolute Gasteiger partial charge is 0.462 e. The van der Waals surface area contributed by atoms with E-state index < -0.39 is 23.0 Å². The topological polar surface area (TPSA) is 114 Å². The van der Waals surface area contributed by atoms with E-state index in [9.17, 15) is 19.2 Å². The Morgan fingerprint density at radius 1 is 0.694 bits per heavy atom. The second-order valence-corrected chi connectivity index (χ2v) is 12.3. The molecule has 1 atom stereocenters.